The van der Waals surface area contributed by atoms with Gasteiger partial charge in [-0.15, -0.1) is 0 Å². The number of rotatable bonds is 9. The summed E-state index contributed by atoms with van der Waals surface area (Å²) < 4.78 is 0. The molecule has 0 bridgehead atoms. The van der Waals surface area contributed by atoms with Crippen LogP contribution < -0.4 is 0 Å². The van der Waals surface area contributed by atoms with E-state index in [0.717, 1.165) is 12.6 Å². The van der Waals surface area contributed by atoms with Gasteiger partial charge in [0.05, 0.1) is 0 Å². The van der Waals surface area contributed by atoms with Crippen molar-refractivity contribution in [2.24, 2.45) is 5.92 Å². The molecule has 0 heterocycles. The number of aldehydes is 2. The molecule has 0 fully saturated rings. The molecule has 0 aliphatic heterocycles. The largest absolute Gasteiger partial charge is 0.481 e. The van der Waals surface area contributed by atoms with Crippen molar-refractivity contribution in [2.75, 3.05) is 0 Å². The van der Waals surface area contributed by atoms with E-state index in [4.69, 9.17) is 10.2 Å². The second-order valence-electron chi connectivity index (χ2n) is 3.85. The molecule has 0 radical (unpaired) electrons. The zero-order chi connectivity index (χ0) is 14.4. The average molecular weight is 260 g/mol. The van der Waals surface area contributed by atoms with Gasteiger partial charge < -0.3 is 19.8 Å². The zero-order valence-electron chi connectivity index (χ0n) is 10.5. The van der Waals surface area contributed by atoms with Crippen molar-refractivity contribution in [2.45, 2.75) is 45.4 Å². The van der Waals surface area contributed by atoms with Crippen LogP contribution >= 0.6 is 0 Å². The number of unbranched alkanes of at least 4 members (excludes halogenated alkanes) is 2. The Labute approximate surface area is 106 Å². The van der Waals surface area contributed by atoms with Gasteiger partial charge in [-0.1, -0.05) is 6.92 Å². The third-order valence-electron chi connectivity index (χ3n) is 2.01. The molecule has 1 unspecified atom stereocenters. The minimum absolute atomic E-state index is 0.0832. The van der Waals surface area contributed by atoms with Crippen LogP contribution in [0.5, 0.6) is 0 Å². The summed E-state index contributed by atoms with van der Waals surface area (Å²) >= 11 is 0. The summed E-state index contributed by atoms with van der Waals surface area (Å²) in [5.41, 5.74) is 0. The van der Waals surface area contributed by atoms with Crippen molar-refractivity contribution in [3.05, 3.63) is 0 Å². The molecule has 6 heteroatoms. The minimum Gasteiger partial charge on any atom is -0.481 e. The number of hydrogen-bond acceptors (Lipinski definition) is 4. The van der Waals surface area contributed by atoms with Gasteiger partial charge in [0.1, 0.15) is 12.6 Å². The SMILES string of the molecule is CC(C=O)CCC(=O)O.O=CCCCCC(=O)O. The number of carboxylic acids is 2. The Balaban J connectivity index is 0. The number of carboxylic acid groups (broad SMARTS) is 2. The lowest BCUT2D eigenvalue weighted by Crippen LogP contribution is -2.01. The fourth-order valence-corrected chi connectivity index (χ4v) is 0.923. The van der Waals surface area contributed by atoms with E-state index in [-0.39, 0.29) is 18.8 Å². The smallest absolute Gasteiger partial charge is 0.303 e. The molecule has 0 saturated heterocycles. The molecule has 0 saturated carbocycles. The van der Waals surface area contributed by atoms with Crippen LogP contribution in [-0.2, 0) is 19.2 Å². The second kappa shape index (κ2) is 13.3. The maximum Gasteiger partial charge on any atom is 0.303 e. The van der Waals surface area contributed by atoms with E-state index in [1.807, 2.05) is 0 Å². The van der Waals surface area contributed by atoms with Gasteiger partial charge in [-0.05, 0) is 19.3 Å². The van der Waals surface area contributed by atoms with Crippen molar-refractivity contribution in [3.8, 4) is 0 Å². The van der Waals surface area contributed by atoms with Gasteiger partial charge in [0.2, 0.25) is 0 Å². The van der Waals surface area contributed by atoms with Crippen molar-refractivity contribution in [1.29, 1.82) is 0 Å². The Bertz CT molecular complexity index is 261. The first-order chi connectivity index (χ1) is 8.43. The van der Waals surface area contributed by atoms with Crippen molar-refractivity contribution in [1.82, 2.24) is 0 Å². The first kappa shape index (κ1) is 18.6. The second-order valence-corrected chi connectivity index (χ2v) is 3.85. The molecule has 0 aromatic carbocycles. The van der Waals surface area contributed by atoms with Crippen LogP contribution in [0.25, 0.3) is 0 Å². The topological polar surface area (TPSA) is 109 Å². The Morgan fingerprint density at radius 1 is 1.06 bits per heavy atom. The first-order valence-corrected chi connectivity index (χ1v) is 5.76. The predicted octanol–water partition coefficient (Wildman–Crippen LogP) is 1.52. The predicted molar refractivity (Wildman–Crippen MR) is 64.3 cm³/mol. The lowest BCUT2D eigenvalue weighted by molar-refractivity contribution is -0.138. The molecule has 0 aliphatic rings. The molecule has 104 valence electrons. The molecule has 18 heavy (non-hydrogen) atoms. The summed E-state index contributed by atoms with van der Waals surface area (Å²) in [5.74, 6) is -1.76. The zero-order valence-corrected chi connectivity index (χ0v) is 10.5. The number of aliphatic carboxylic acids is 2. The van der Waals surface area contributed by atoms with Crippen molar-refractivity contribution >= 4 is 24.5 Å². The summed E-state index contributed by atoms with van der Waals surface area (Å²) in [6, 6.07) is 0. The van der Waals surface area contributed by atoms with E-state index >= 15 is 0 Å². The first-order valence-electron chi connectivity index (χ1n) is 5.76. The van der Waals surface area contributed by atoms with E-state index < -0.39 is 11.9 Å². The maximum atomic E-state index is 9.92. The fraction of sp³-hybridized carbons (Fsp3) is 0.667. The van der Waals surface area contributed by atoms with Crippen molar-refractivity contribution in [3.63, 3.8) is 0 Å². The molecule has 0 aromatic rings. The van der Waals surface area contributed by atoms with E-state index in [9.17, 15) is 19.2 Å². The number of carbonyl (C=O) groups excluding carboxylic acids is 2. The molecule has 1 atom stereocenters. The highest BCUT2D eigenvalue weighted by molar-refractivity contribution is 5.67. The standard InChI is InChI=1S/2C6H10O3/c1-5(4-7)2-3-6(8)9;7-5-3-1-2-4-6(8)9/h4-5H,2-3H2,1H3,(H,8,9);5H,1-4H2,(H,8,9). The summed E-state index contributed by atoms with van der Waals surface area (Å²) in [6.07, 6.45) is 4.05. The van der Waals surface area contributed by atoms with Crippen molar-refractivity contribution < 1.29 is 29.4 Å². The van der Waals surface area contributed by atoms with Gasteiger partial charge in [0.25, 0.3) is 0 Å². The molecule has 2 N–H and O–H groups in total. The quantitative estimate of drug-likeness (QED) is 0.480. The van der Waals surface area contributed by atoms with E-state index in [0.29, 0.717) is 25.7 Å². The normalized spacial score (nSPS) is 10.7. The van der Waals surface area contributed by atoms with Crippen LogP contribution in [0.15, 0.2) is 0 Å². The summed E-state index contributed by atoms with van der Waals surface area (Å²) in [7, 11) is 0. The average Bonchev–Trinajstić information content (AvgIpc) is 2.32. The lowest BCUT2D eigenvalue weighted by Gasteiger charge is -1.96. The highest BCUT2D eigenvalue weighted by atomic mass is 16.4. The number of hydrogen-bond donors (Lipinski definition) is 2. The van der Waals surface area contributed by atoms with Gasteiger partial charge >= 0.3 is 11.9 Å². The Morgan fingerprint density at radius 2 is 1.61 bits per heavy atom. The Morgan fingerprint density at radius 3 is 2.00 bits per heavy atom. The summed E-state index contributed by atoms with van der Waals surface area (Å²) in [4.78, 5) is 39.4. The van der Waals surface area contributed by atoms with E-state index in [1.165, 1.54) is 0 Å². The molecule has 6 nitrogen and oxygen atoms in total. The molecular formula is C12H20O6. The molecular weight excluding hydrogens is 240 g/mol. The van der Waals surface area contributed by atoms with E-state index in [2.05, 4.69) is 0 Å². The lowest BCUT2D eigenvalue weighted by atomic mass is 10.1. The van der Waals surface area contributed by atoms with Gasteiger partial charge in [0.15, 0.2) is 0 Å². The van der Waals surface area contributed by atoms with E-state index in [1.54, 1.807) is 6.92 Å². The molecule has 0 amide bonds. The summed E-state index contributed by atoms with van der Waals surface area (Å²) in [6.45, 7) is 1.70. The van der Waals surface area contributed by atoms with Crippen LogP contribution in [0.3, 0.4) is 0 Å². The maximum absolute atomic E-state index is 9.92. The summed E-state index contributed by atoms with van der Waals surface area (Å²) in [5, 5.41) is 16.3. The van der Waals surface area contributed by atoms with Gasteiger partial charge in [-0.3, -0.25) is 9.59 Å². The molecule has 0 aromatic heterocycles. The Hall–Kier alpha value is -1.72. The fourth-order valence-electron chi connectivity index (χ4n) is 0.923. The number of carbonyl (C=O) groups is 4. The molecule has 0 rings (SSSR count). The van der Waals surface area contributed by atoms with Crippen LogP contribution in [0.2, 0.25) is 0 Å². The van der Waals surface area contributed by atoms with Crippen LogP contribution in [-0.4, -0.2) is 34.7 Å². The van der Waals surface area contributed by atoms with Crippen LogP contribution in [0.4, 0.5) is 0 Å². The Kier molecular flexibility index (Phi) is 13.8. The minimum atomic E-state index is -0.844. The van der Waals surface area contributed by atoms with Crippen LogP contribution in [0, 0.1) is 5.92 Å². The third-order valence-corrected chi connectivity index (χ3v) is 2.01. The van der Waals surface area contributed by atoms with Gasteiger partial charge in [-0.2, -0.15) is 0 Å². The highest BCUT2D eigenvalue weighted by Gasteiger charge is 2.02. The highest BCUT2D eigenvalue weighted by Crippen LogP contribution is 2.00. The molecule has 0 spiro atoms. The van der Waals surface area contributed by atoms with Gasteiger partial charge in [0, 0.05) is 25.2 Å². The molecule has 0 aliphatic carbocycles. The monoisotopic (exact) mass is 260 g/mol. The van der Waals surface area contributed by atoms with Gasteiger partial charge in [-0.25, -0.2) is 0 Å². The van der Waals surface area contributed by atoms with Crippen LogP contribution in [0.1, 0.15) is 45.4 Å². The third kappa shape index (κ3) is 19.8.